The van der Waals surface area contributed by atoms with Crippen LogP contribution in [0.15, 0.2) is 0 Å². The summed E-state index contributed by atoms with van der Waals surface area (Å²) in [6, 6.07) is 0.139. The van der Waals surface area contributed by atoms with E-state index in [0.717, 1.165) is 38.5 Å². The van der Waals surface area contributed by atoms with Crippen molar-refractivity contribution in [2.45, 2.75) is 71.4 Å². The number of rotatable bonds is 4. The summed E-state index contributed by atoms with van der Waals surface area (Å²) in [5.74, 6) is 0.723. The summed E-state index contributed by atoms with van der Waals surface area (Å²) in [7, 11) is 0. The van der Waals surface area contributed by atoms with E-state index in [9.17, 15) is 14.7 Å². The first kappa shape index (κ1) is 21.1. The van der Waals surface area contributed by atoms with Crippen LogP contribution in [-0.4, -0.2) is 60.3 Å². The molecular weight excluding hydrogens is 368 g/mol. The molecule has 29 heavy (non-hydrogen) atoms. The lowest BCUT2D eigenvalue weighted by molar-refractivity contribution is -0.154. The number of nitrogens with zero attached hydrogens (tertiary/aromatic N) is 1. The van der Waals surface area contributed by atoms with Crippen LogP contribution in [0.4, 0.5) is 0 Å². The highest BCUT2D eigenvalue weighted by atomic mass is 16.5. The van der Waals surface area contributed by atoms with E-state index in [-0.39, 0.29) is 52.9 Å². The number of morpholine rings is 1. The van der Waals surface area contributed by atoms with E-state index < -0.39 is 6.10 Å². The lowest BCUT2D eigenvalue weighted by Gasteiger charge is -2.56. The van der Waals surface area contributed by atoms with E-state index in [1.807, 2.05) is 11.8 Å². The minimum absolute atomic E-state index is 0.0104. The van der Waals surface area contributed by atoms with Crippen LogP contribution in [0.5, 0.6) is 0 Å². The molecule has 4 fully saturated rings. The summed E-state index contributed by atoms with van der Waals surface area (Å²) in [4.78, 5) is 27.3. The van der Waals surface area contributed by atoms with Crippen molar-refractivity contribution in [2.24, 2.45) is 35.0 Å². The Bertz CT molecular complexity index is 630. The standard InChI is InChI=1S/C23H38N2O4/c1-14(22(28)25-10-12-29-13-11-25)17-6-8-23(3)9-7-18(15(2)19(23)20(17)26)24-21(27)16-4-5-16/h14-20,26H,4-13H2,1-3H3,(H,24,27)/t14-,15+,17+,18-,19+,20-,23-/m0/s1. The number of ether oxygens (including phenoxy) is 1. The summed E-state index contributed by atoms with van der Waals surface area (Å²) in [6.07, 6.45) is 5.51. The normalized spacial score (nSPS) is 41.4. The lowest BCUT2D eigenvalue weighted by Crippen LogP contribution is -2.59. The van der Waals surface area contributed by atoms with Gasteiger partial charge in [-0.2, -0.15) is 0 Å². The highest BCUT2D eigenvalue weighted by Gasteiger charge is 2.54. The van der Waals surface area contributed by atoms with E-state index in [4.69, 9.17) is 4.74 Å². The predicted molar refractivity (Wildman–Crippen MR) is 110 cm³/mol. The molecule has 0 unspecified atom stereocenters. The number of carbonyl (C=O) groups excluding carboxylic acids is 2. The van der Waals surface area contributed by atoms with Gasteiger partial charge in [0.2, 0.25) is 11.8 Å². The van der Waals surface area contributed by atoms with Crippen molar-refractivity contribution in [1.29, 1.82) is 0 Å². The van der Waals surface area contributed by atoms with E-state index in [0.29, 0.717) is 26.3 Å². The van der Waals surface area contributed by atoms with Gasteiger partial charge in [-0.05, 0) is 61.7 Å². The molecule has 6 heteroatoms. The molecule has 164 valence electrons. The summed E-state index contributed by atoms with van der Waals surface area (Å²) < 4.78 is 5.38. The van der Waals surface area contributed by atoms with Gasteiger partial charge in [-0.15, -0.1) is 0 Å². The molecular formula is C23H38N2O4. The van der Waals surface area contributed by atoms with E-state index >= 15 is 0 Å². The fourth-order valence-corrected chi connectivity index (χ4v) is 6.40. The number of hydrogen-bond acceptors (Lipinski definition) is 4. The summed E-state index contributed by atoms with van der Waals surface area (Å²) in [5, 5.41) is 14.8. The Labute approximate surface area is 174 Å². The SMILES string of the molecule is C[C@H]1[C@@H]2[C@@H](O)[C@@H]([C@H](C)C(=O)N3CCOCC3)CC[C@@]2(C)CC[C@@H]1NC(=O)C1CC1. The molecule has 1 aliphatic heterocycles. The van der Waals surface area contributed by atoms with Crippen LogP contribution in [0, 0.1) is 35.0 Å². The molecule has 4 aliphatic rings. The Kier molecular flexibility index (Phi) is 5.95. The molecule has 0 aromatic carbocycles. The van der Waals surface area contributed by atoms with Gasteiger partial charge in [0.15, 0.2) is 0 Å². The van der Waals surface area contributed by atoms with Gasteiger partial charge < -0.3 is 20.1 Å². The Morgan fingerprint density at radius 2 is 1.79 bits per heavy atom. The van der Waals surface area contributed by atoms with Crippen molar-refractivity contribution in [3.8, 4) is 0 Å². The van der Waals surface area contributed by atoms with Gasteiger partial charge in [0, 0.05) is 31.0 Å². The fraction of sp³-hybridized carbons (Fsp3) is 0.913. The molecule has 6 nitrogen and oxygen atoms in total. The Morgan fingerprint density at radius 3 is 2.45 bits per heavy atom. The Hall–Kier alpha value is -1.14. The quantitative estimate of drug-likeness (QED) is 0.750. The monoisotopic (exact) mass is 406 g/mol. The number of aliphatic hydroxyl groups is 1. The van der Waals surface area contributed by atoms with E-state index in [1.54, 1.807) is 0 Å². The highest BCUT2D eigenvalue weighted by molar-refractivity contribution is 5.81. The van der Waals surface area contributed by atoms with E-state index in [1.165, 1.54) is 0 Å². The summed E-state index contributed by atoms with van der Waals surface area (Å²) in [5.41, 5.74) is 0.0951. The predicted octanol–water partition coefficient (Wildman–Crippen LogP) is 2.20. The van der Waals surface area contributed by atoms with Gasteiger partial charge in [0.1, 0.15) is 0 Å². The third-order valence-corrected chi connectivity index (χ3v) is 8.52. The Balaban J connectivity index is 1.46. The van der Waals surface area contributed by atoms with Crippen LogP contribution in [-0.2, 0) is 14.3 Å². The Morgan fingerprint density at radius 1 is 1.14 bits per heavy atom. The topological polar surface area (TPSA) is 78.9 Å². The molecule has 0 bridgehead atoms. The minimum atomic E-state index is -0.496. The van der Waals surface area contributed by atoms with Gasteiger partial charge in [0.25, 0.3) is 0 Å². The second kappa shape index (κ2) is 8.18. The zero-order valence-electron chi connectivity index (χ0n) is 18.2. The van der Waals surface area contributed by atoms with Gasteiger partial charge in [-0.25, -0.2) is 0 Å². The lowest BCUT2D eigenvalue weighted by atomic mass is 9.51. The van der Waals surface area contributed by atoms with Crippen LogP contribution in [0.25, 0.3) is 0 Å². The van der Waals surface area contributed by atoms with E-state index in [2.05, 4.69) is 19.2 Å². The first-order valence-electron chi connectivity index (χ1n) is 11.7. The molecule has 0 spiro atoms. The molecule has 0 aromatic rings. The third-order valence-electron chi connectivity index (χ3n) is 8.52. The maximum absolute atomic E-state index is 13.1. The minimum Gasteiger partial charge on any atom is -0.392 e. The van der Waals surface area contributed by atoms with Crippen molar-refractivity contribution >= 4 is 11.8 Å². The molecule has 7 atom stereocenters. The van der Waals surface area contributed by atoms with Crippen molar-refractivity contribution in [1.82, 2.24) is 10.2 Å². The average molecular weight is 407 g/mol. The van der Waals surface area contributed by atoms with Gasteiger partial charge in [0.05, 0.1) is 19.3 Å². The van der Waals surface area contributed by atoms with Crippen molar-refractivity contribution < 1.29 is 19.4 Å². The van der Waals surface area contributed by atoms with Crippen LogP contribution in [0.3, 0.4) is 0 Å². The largest absolute Gasteiger partial charge is 0.392 e. The van der Waals surface area contributed by atoms with Crippen LogP contribution in [0.1, 0.15) is 59.3 Å². The number of hydrogen-bond donors (Lipinski definition) is 2. The fourth-order valence-electron chi connectivity index (χ4n) is 6.40. The van der Waals surface area contributed by atoms with Crippen molar-refractivity contribution in [3.05, 3.63) is 0 Å². The zero-order valence-corrected chi connectivity index (χ0v) is 18.2. The molecule has 1 heterocycles. The molecule has 2 amide bonds. The maximum Gasteiger partial charge on any atom is 0.225 e. The molecule has 3 saturated carbocycles. The second-order valence-corrected chi connectivity index (χ2v) is 10.4. The zero-order chi connectivity index (χ0) is 20.8. The first-order valence-corrected chi connectivity index (χ1v) is 11.7. The van der Waals surface area contributed by atoms with Crippen LogP contribution < -0.4 is 5.32 Å². The first-order chi connectivity index (χ1) is 13.8. The second-order valence-electron chi connectivity index (χ2n) is 10.4. The number of fused-ring (bicyclic) bond motifs is 1. The van der Waals surface area contributed by atoms with Crippen molar-refractivity contribution in [3.63, 3.8) is 0 Å². The van der Waals surface area contributed by atoms with Crippen molar-refractivity contribution in [2.75, 3.05) is 26.3 Å². The maximum atomic E-state index is 13.1. The highest BCUT2D eigenvalue weighted by Crippen LogP contribution is 2.55. The molecule has 3 aliphatic carbocycles. The third kappa shape index (κ3) is 4.07. The number of carbonyl (C=O) groups is 2. The number of nitrogens with one attached hydrogen (secondary N) is 1. The average Bonchev–Trinajstić information content (AvgIpc) is 3.55. The number of amides is 2. The van der Waals surface area contributed by atoms with Gasteiger partial charge in [-0.3, -0.25) is 9.59 Å². The van der Waals surface area contributed by atoms with Gasteiger partial charge >= 0.3 is 0 Å². The molecule has 4 rings (SSSR count). The summed E-state index contributed by atoms with van der Waals surface area (Å²) >= 11 is 0. The van der Waals surface area contributed by atoms with Gasteiger partial charge in [-0.1, -0.05) is 20.8 Å². The molecule has 0 radical (unpaired) electrons. The molecule has 0 aromatic heterocycles. The molecule has 2 N–H and O–H groups in total. The summed E-state index contributed by atoms with van der Waals surface area (Å²) in [6.45, 7) is 9.00. The molecule has 1 saturated heterocycles. The smallest absolute Gasteiger partial charge is 0.225 e. The number of aliphatic hydroxyl groups excluding tert-OH is 1. The van der Waals surface area contributed by atoms with Crippen LogP contribution in [0.2, 0.25) is 0 Å². The van der Waals surface area contributed by atoms with Crippen LogP contribution >= 0.6 is 0 Å².